The lowest BCUT2D eigenvalue weighted by molar-refractivity contribution is 0.0385. The van der Waals surface area contributed by atoms with Gasteiger partial charge in [0.05, 0.1) is 13.2 Å². The van der Waals surface area contributed by atoms with Gasteiger partial charge in [-0.25, -0.2) is 0 Å². The number of nitrogens with zero attached hydrogens (tertiary/aromatic N) is 1. The molecule has 15 heavy (non-hydrogen) atoms. The summed E-state index contributed by atoms with van der Waals surface area (Å²) in [6, 6.07) is 0. The van der Waals surface area contributed by atoms with E-state index in [1.165, 1.54) is 6.42 Å². The van der Waals surface area contributed by atoms with Crippen molar-refractivity contribution >= 4 is 0 Å². The summed E-state index contributed by atoms with van der Waals surface area (Å²) < 4.78 is 5.30. The third-order valence-corrected chi connectivity index (χ3v) is 2.61. The highest BCUT2D eigenvalue weighted by Gasteiger charge is 2.08. The van der Waals surface area contributed by atoms with E-state index in [1.54, 1.807) is 0 Å². The van der Waals surface area contributed by atoms with Crippen molar-refractivity contribution < 1.29 is 4.74 Å². The quantitative estimate of drug-likeness (QED) is 0.555. The summed E-state index contributed by atoms with van der Waals surface area (Å²) in [5, 5.41) is 6.82. The number of morpholine rings is 1. The molecule has 1 saturated heterocycles. The van der Waals surface area contributed by atoms with Crippen LogP contribution in [0.3, 0.4) is 0 Å². The summed E-state index contributed by atoms with van der Waals surface area (Å²) in [7, 11) is 0. The highest BCUT2D eigenvalue weighted by atomic mass is 16.5. The summed E-state index contributed by atoms with van der Waals surface area (Å²) in [5.74, 6) is 0. The zero-order chi connectivity index (χ0) is 10.8. The third-order valence-electron chi connectivity index (χ3n) is 2.61. The van der Waals surface area contributed by atoms with Gasteiger partial charge in [0.15, 0.2) is 0 Å². The molecule has 4 heteroatoms. The Kier molecular flexibility index (Phi) is 7.83. The van der Waals surface area contributed by atoms with Crippen molar-refractivity contribution in [1.82, 2.24) is 15.5 Å². The summed E-state index contributed by atoms with van der Waals surface area (Å²) in [4.78, 5) is 2.45. The molecule has 0 aromatic carbocycles. The number of hydrogen-bond donors (Lipinski definition) is 2. The molecule has 1 fully saturated rings. The Balaban J connectivity index is 1.79. The molecule has 1 aliphatic heterocycles. The largest absolute Gasteiger partial charge is 0.379 e. The van der Waals surface area contributed by atoms with Crippen LogP contribution in [0, 0.1) is 0 Å². The molecule has 0 radical (unpaired) electrons. The Labute approximate surface area is 93.4 Å². The standard InChI is InChI=1S/C11H25N3O/c1-2-3-12-4-5-13-6-7-14-8-10-15-11-9-14/h12-13H,2-11H2,1H3. The maximum absolute atomic E-state index is 5.30. The minimum atomic E-state index is 0.901. The summed E-state index contributed by atoms with van der Waals surface area (Å²) in [5.41, 5.74) is 0. The Morgan fingerprint density at radius 3 is 2.33 bits per heavy atom. The van der Waals surface area contributed by atoms with Gasteiger partial charge in [-0.2, -0.15) is 0 Å². The van der Waals surface area contributed by atoms with Gasteiger partial charge in [-0.3, -0.25) is 4.90 Å². The maximum atomic E-state index is 5.30. The van der Waals surface area contributed by atoms with Gasteiger partial charge in [-0.15, -0.1) is 0 Å². The van der Waals surface area contributed by atoms with Crippen LogP contribution in [-0.4, -0.2) is 63.9 Å². The summed E-state index contributed by atoms with van der Waals surface area (Å²) >= 11 is 0. The van der Waals surface area contributed by atoms with Crippen LogP contribution >= 0.6 is 0 Å². The van der Waals surface area contributed by atoms with Crippen LogP contribution < -0.4 is 10.6 Å². The lowest BCUT2D eigenvalue weighted by Gasteiger charge is -2.26. The molecule has 4 nitrogen and oxygen atoms in total. The van der Waals surface area contributed by atoms with Crippen molar-refractivity contribution in [2.45, 2.75) is 13.3 Å². The lowest BCUT2D eigenvalue weighted by atomic mass is 10.4. The summed E-state index contributed by atoms with van der Waals surface area (Å²) in [6.45, 7) is 11.7. The zero-order valence-corrected chi connectivity index (χ0v) is 9.93. The minimum absolute atomic E-state index is 0.901. The van der Waals surface area contributed by atoms with Crippen LogP contribution in [0.2, 0.25) is 0 Å². The van der Waals surface area contributed by atoms with E-state index in [-0.39, 0.29) is 0 Å². The van der Waals surface area contributed by atoms with Gasteiger partial charge in [0.25, 0.3) is 0 Å². The molecule has 0 amide bonds. The van der Waals surface area contributed by atoms with Gasteiger partial charge in [0.2, 0.25) is 0 Å². The topological polar surface area (TPSA) is 36.5 Å². The Hall–Kier alpha value is -0.160. The van der Waals surface area contributed by atoms with Crippen molar-refractivity contribution in [2.24, 2.45) is 0 Å². The van der Waals surface area contributed by atoms with Gasteiger partial charge in [-0.1, -0.05) is 6.92 Å². The van der Waals surface area contributed by atoms with Crippen LogP contribution in [0.5, 0.6) is 0 Å². The SMILES string of the molecule is CCCNCCNCCN1CCOCC1. The lowest BCUT2D eigenvalue weighted by Crippen LogP contribution is -2.41. The second-order valence-corrected chi connectivity index (χ2v) is 3.95. The van der Waals surface area contributed by atoms with Crippen molar-refractivity contribution in [3.63, 3.8) is 0 Å². The fourth-order valence-electron chi connectivity index (χ4n) is 1.67. The average Bonchev–Trinajstić information content (AvgIpc) is 2.29. The Morgan fingerprint density at radius 2 is 1.67 bits per heavy atom. The van der Waals surface area contributed by atoms with Gasteiger partial charge < -0.3 is 15.4 Å². The normalized spacial score (nSPS) is 18.2. The highest BCUT2D eigenvalue weighted by Crippen LogP contribution is 1.94. The van der Waals surface area contributed by atoms with Crippen LogP contribution in [0.15, 0.2) is 0 Å². The minimum Gasteiger partial charge on any atom is -0.379 e. The predicted molar refractivity (Wildman–Crippen MR) is 63.3 cm³/mol. The number of hydrogen-bond acceptors (Lipinski definition) is 4. The summed E-state index contributed by atoms with van der Waals surface area (Å²) in [6.07, 6.45) is 1.22. The molecule has 0 aliphatic carbocycles. The van der Waals surface area contributed by atoms with E-state index in [2.05, 4.69) is 22.5 Å². The molecule has 0 unspecified atom stereocenters. The molecule has 0 spiro atoms. The molecule has 1 aliphatic rings. The molecule has 0 atom stereocenters. The van der Waals surface area contributed by atoms with E-state index in [1.807, 2.05) is 0 Å². The molecule has 0 bridgehead atoms. The molecule has 1 heterocycles. The van der Waals surface area contributed by atoms with E-state index in [4.69, 9.17) is 4.74 Å². The fraction of sp³-hybridized carbons (Fsp3) is 1.00. The van der Waals surface area contributed by atoms with Gasteiger partial charge >= 0.3 is 0 Å². The van der Waals surface area contributed by atoms with Gasteiger partial charge in [-0.05, 0) is 13.0 Å². The van der Waals surface area contributed by atoms with E-state index in [0.29, 0.717) is 0 Å². The molecule has 0 aromatic rings. The van der Waals surface area contributed by atoms with E-state index in [9.17, 15) is 0 Å². The van der Waals surface area contributed by atoms with Crippen LogP contribution in [-0.2, 0) is 4.74 Å². The van der Waals surface area contributed by atoms with Crippen molar-refractivity contribution in [1.29, 1.82) is 0 Å². The fourth-order valence-corrected chi connectivity index (χ4v) is 1.67. The molecule has 2 N–H and O–H groups in total. The van der Waals surface area contributed by atoms with Crippen molar-refractivity contribution in [3.05, 3.63) is 0 Å². The number of ether oxygens (including phenoxy) is 1. The molecular formula is C11H25N3O. The maximum Gasteiger partial charge on any atom is 0.0594 e. The van der Waals surface area contributed by atoms with E-state index >= 15 is 0 Å². The van der Waals surface area contributed by atoms with Crippen LogP contribution in [0.1, 0.15) is 13.3 Å². The Bertz CT molecular complexity index is 138. The molecular weight excluding hydrogens is 190 g/mol. The van der Waals surface area contributed by atoms with Crippen LogP contribution in [0.25, 0.3) is 0 Å². The zero-order valence-electron chi connectivity index (χ0n) is 9.93. The number of nitrogens with one attached hydrogen (secondary N) is 2. The Morgan fingerprint density at radius 1 is 1.00 bits per heavy atom. The molecule has 90 valence electrons. The van der Waals surface area contributed by atoms with Gasteiger partial charge in [0, 0.05) is 39.3 Å². The first-order chi connectivity index (χ1) is 7.43. The molecule has 1 rings (SSSR count). The van der Waals surface area contributed by atoms with Crippen molar-refractivity contribution in [2.75, 3.05) is 59.0 Å². The average molecular weight is 215 g/mol. The van der Waals surface area contributed by atoms with Gasteiger partial charge in [0.1, 0.15) is 0 Å². The number of rotatable bonds is 8. The van der Waals surface area contributed by atoms with Crippen molar-refractivity contribution in [3.8, 4) is 0 Å². The first kappa shape index (κ1) is 12.9. The third kappa shape index (κ3) is 6.84. The monoisotopic (exact) mass is 215 g/mol. The highest BCUT2D eigenvalue weighted by molar-refractivity contribution is 4.63. The first-order valence-corrected chi connectivity index (χ1v) is 6.15. The second-order valence-electron chi connectivity index (χ2n) is 3.95. The molecule has 0 aromatic heterocycles. The van der Waals surface area contributed by atoms with E-state index in [0.717, 1.165) is 59.0 Å². The first-order valence-electron chi connectivity index (χ1n) is 6.15. The second kappa shape index (κ2) is 9.09. The van der Waals surface area contributed by atoms with E-state index < -0.39 is 0 Å². The van der Waals surface area contributed by atoms with Crippen LogP contribution in [0.4, 0.5) is 0 Å². The predicted octanol–water partition coefficient (Wildman–Crippen LogP) is -0.0922. The smallest absolute Gasteiger partial charge is 0.0594 e. The molecule has 0 saturated carbocycles.